The standard InChI is InChI=1S/C28H30N6O3/c1-17-7-3-4-11-25(17)37-21-9-5-8-20(15-21)27-33-22-16-19(18(2)35)12-13-23(22)34(27)24(26(29)36)10-6-14-32-28(30)31/h3-5,7-9,11-13,15-16,24H,6,10,14H2,1-2H3,(H2,29,36)(H4,30,31,32)/t24-/m0/s1. The number of primary amides is 1. The molecule has 1 heterocycles. The number of hydrogen-bond acceptors (Lipinski definition) is 5. The van der Waals surface area contributed by atoms with Gasteiger partial charge < -0.3 is 26.1 Å². The number of aryl methyl sites for hydroxylation is 1. The van der Waals surface area contributed by atoms with E-state index in [2.05, 4.69) is 5.32 Å². The topological polar surface area (TPSA) is 149 Å². The van der Waals surface area contributed by atoms with Crippen molar-refractivity contribution in [3.63, 3.8) is 0 Å². The van der Waals surface area contributed by atoms with Gasteiger partial charge in [-0.2, -0.15) is 0 Å². The van der Waals surface area contributed by atoms with E-state index in [0.717, 1.165) is 16.9 Å². The zero-order chi connectivity index (χ0) is 26.5. The Morgan fingerprint density at radius 2 is 1.86 bits per heavy atom. The Kier molecular flexibility index (Phi) is 7.52. The number of nitrogens with one attached hydrogen (secondary N) is 2. The number of nitrogens with zero attached hydrogens (tertiary/aromatic N) is 2. The van der Waals surface area contributed by atoms with Gasteiger partial charge in [-0.1, -0.05) is 30.3 Å². The maximum absolute atomic E-state index is 12.7. The highest BCUT2D eigenvalue weighted by atomic mass is 16.5. The molecule has 1 aromatic heterocycles. The lowest BCUT2D eigenvalue weighted by Crippen LogP contribution is -2.32. The fraction of sp³-hybridized carbons (Fsp3) is 0.214. The first-order valence-electron chi connectivity index (χ1n) is 12.0. The number of para-hydroxylation sites is 1. The summed E-state index contributed by atoms with van der Waals surface area (Å²) >= 11 is 0. The molecule has 0 radical (unpaired) electrons. The number of Topliss-reactive ketones (excluding diaryl/α,β-unsaturated/α-hetero) is 1. The highest BCUT2D eigenvalue weighted by Crippen LogP contribution is 2.34. The number of imidazole rings is 1. The van der Waals surface area contributed by atoms with Crippen LogP contribution in [0.15, 0.2) is 66.7 Å². The highest BCUT2D eigenvalue weighted by molar-refractivity contribution is 5.98. The first kappa shape index (κ1) is 25.4. The molecule has 4 aromatic rings. The molecule has 0 fully saturated rings. The zero-order valence-corrected chi connectivity index (χ0v) is 20.8. The molecule has 0 aliphatic rings. The normalized spacial score (nSPS) is 11.7. The average Bonchev–Trinajstić information content (AvgIpc) is 3.23. The summed E-state index contributed by atoms with van der Waals surface area (Å²) in [4.78, 5) is 29.5. The van der Waals surface area contributed by atoms with Gasteiger partial charge in [-0.3, -0.25) is 15.0 Å². The molecule has 0 saturated carbocycles. The van der Waals surface area contributed by atoms with E-state index in [1.807, 2.05) is 60.0 Å². The predicted octanol–water partition coefficient (Wildman–Crippen LogP) is 4.30. The molecule has 0 bridgehead atoms. The van der Waals surface area contributed by atoms with Crippen LogP contribution < -0.4 is 21.5 Å². The average molecular weight is 499 g/mol. The largest absolute Gasteiger partial charge is 0.457 e. The van der Waals surface area contributed by atoms with Crippen LogP contribution in [0, 0.1) is 12.3 Å². The highest BCUT2D eigenvalue weighted by Gasteiger charge is 2.25. The van der Waals surface area contributed by atoms with Crippen LogP contribution in [0.3, 0.4) is 0 Å². The van der Waals surface area contributed by atoms with Crippen LogP contribution in [0.4, 0.5) is 0 Å². The Bertz CT molecular complexity index is 1480. The maximum atomic E-state index is 12.7. The van der Waals surface area contributed by atoms with Crippen LogP contribution in [0.25, 0.3) is 22.4 Å². The monoisotopic (exact) mass is 498 g/mol. The van der Waals surface area contributed by atoms with Crippen molar-refractivity contribution in [2.24, 2.45) is 11.5 Å². The van der Waals surface area contributed by atoms with Crippen LogP contribution in [-0.4, -0.2) is 33.7 Å². The van der Waals surface area contributed by atoms with Gasteiger partial charge in [-0.25, -0.2) is 4.98 Å². The number of amides is 1. The van der Waals surface area contributed by atoms with Crippen LogP contribution in [-0.2, 0) is 4.79 Å². The van der Waals surface area contributed by atoms with Gasteiger partial charge in [0.05, 0.1) is 11.0 Å². The molecule has 37 heavy (non-hydrogen) atoms. The van der Waals surface area contributed by atoms with Gasteiger partial charge in [0.25, 0.3) is 0 Å². The number of aromatic nitrogens is 2. The number of rotatable bonds is 10. The summed E-state index contributed by atoms with van der Waals surface area (Å²) in [7, 11) is 0. The Morgan fingerprint density at radius 3 is 2.57 bits per heavy atom. The van der Waals surface area contributed by atoms with E-state index in [-0.39, 0.29) is 11.7 Å². The molecule has 1 amide bonds. The van der Waals surface area contributed by atoms with Crippen molar-refractivity contribution in [2.75, 3.05) is 6.54 Å². The molecule has 4 rings (SSSR count). The third kappa shape index (κ3) is 5.78. The lowest BCUT2D eigenvalue weighted by molar-refractivity contribution is -0.121. The number of ether oxygens (including phenoxy) is 1. The summed E-state index contributed by atoms with van der Waals surface area (Å²) in [5, 5.41) is 10.1. The van der Waals surface area contributed by atoms with E-state index in [1.54, 1.807) is 18.2 Å². The number of carbonyl (C=O) groups is 2. The number of benzene rings is 3. The van der Waals surface area contributed by atoms with Gasteiger partial charge in [-0.15, -0.1) is 0 Å². The Labute approximate surface area is 215 Å². The summed E-state index contributed by atoms with van der Waals surface area (Å²) < 4.78 is 7.95. The third-order valence-corrected chi connectivity index (χ3v) is 6.12. The number of carbonyl (C=O) groups excluding carboxylic acids is 2. The number of ketones is 1. The SMILES string of the molecule is CC(=O)c1ccc2c(c1)nc(-c1cccc(Oc3ccccc3C)c1)n2[C@@H](CCCNC(=N)N)C(N)=O. The van der Waals surface area contributed by atoms with E-state index in [0.29, 0.717) is 47.6 Å². The minimum absolute atomic E-state index is 0.0756. The van der Waals surface area contributed by atoms with Crippen molar-refractivity contribution < 1.29 is 14.3 Å². The third-order valence-electron chi connectivity index (χ3n) is 6.12. The first-order valence-corrected chi connectivity index (χ1v) is 12.0. The molecule has 9 nitrogen and oxygen atoms in total. The van der Waals surface area contributed by atoms with E-state index in [4.69, 9.17) is 26.6 Å². The van der Waals surface area contributed by atoms with Crippen LogP contribution in [0.2, 0.25) is 0 Å². The Morgan fingerprint density at radius 1 is 1.08 bits per heavy atom. The number of hydrogen-bond donors (Lipinski definition) is 4. The van der Waals surface area contributed by atoms with Gasteiger partial charge in [0.2, 0.25) is 5.91 Å². The molecule has 0 unspecified atom stereocenters. The first-order chi connectivity index (χ1) is 17.7. The molecule has 0 aliphatic carbocycles. The molecular formula is C28H30N6O3. The van der Waals surface area contributed by atoms with Crippen LogP contribution in [0.5, 0.6) is 11.5 Å². The summed E-state index contributed by atoms with van der Waals surface area (Å²) in [6, 6.07) is 19.7. The second-order valence-corrected chi connectivity index (χ2v) is 8.86. The quantitative estimate of drug-likeness (QED) is 0.111. The minimum Gasteiger partial charge on any atom is -0.457 e. The molecule has 0 aliphatic heterocycles. The van der Waals surface area contributed by atoms with Crippen molar-refractivity contribution in [2.45, 2.75) is 32.7 Å². The summed E-state index contributed by atoms with van der Waals surface area (Å²) in [5.41, 5.74) is 14.8. The van der Waals surface area contributed by atoms with Gasteiger partial charge in [0.1, 0.15) is 23.4 Å². The van der Waals surface area contributed by atoms with Gasteiger partial charge in [0.15, 0.2) is 11.7 Å². The van der Waals surface area contributed by atoms with E-state index in [9.17, 15) is 9.59 Å². The molecule has 6 N–H and O–H groups in total. The van der Waals surface area contributed by atoms with Gasteiger partial charge in [-0.05, 0) is 68.7 Å². The second kappa shape index (κ2) is 10.9. The maximum Gasteiger partial charge on any atom is 0.240 e. The van der Waals surface area contributed by atoms with Crippen molar-refractivity contribution in [1.82, 2.24) is 14.9 Å². The molecule has 190 valence electrons. The number of guanidine groups is 1. The van der Waals surface area contributed by atoms with E-state index >= 15 is 0 Å². The molecular weight excluding hydrogens is 468 g/mol. The Balaban J connectivity index is 1.80. The number of fused-ring (bicyclic) bond motifs is 1. The fourth-order valence-corrected chi connectivity index (χ4v) is 4.25. The second-order valence-electron chi connectivity index (χ2n) is 8.86. The van der Waals surface area contributed by atoms with Crippen molar-refractivity contribution >= 4 is 28.7 Å². The van der Waals surface area contributed by atoms with Gasteiger partial charge >= 0.3 is 0 Å². The van der Waals surface area contributed by atoms with E-state index < -0.39 is 11.9 Å². The molecule has 0 spiro atoms. The van der Waals surface area contributed by atoms with Crippen LogP contribution in [0.1, 0.15) is 41.7 Å². The van der Waals surface area contributed by atoms with Crippen molar-refractivity contribution in [1.29, 1.82) is 5.41 Å². The smallest absolute Gasteiger partial charge is 0.240 e. The lowest BCUT2D eigenvalue weighted by atomic mass is 10.1. The molecule has 1 atom stereocenters. The molecule has 9 heteroatoms. The fourth-order valence-electron chi connectivity index (χ4n) is 4.25. The number of nitrogens with two attached hydrogens (primary N) is 2. The minimum atomic E-state index is -0.710. The van der Waals surface area contributed by atoms with Crippen molar-refractivity contribution in [3.8, 4) is 22.9 Å². The molecule has 0 saturated heterocycles. The van der Waals surface area contributed by atoms with Crippen LogP contribution >= 0.6 is 0 Å². The molecule has 3 aromatic carbocycles. The lowest BCUT2D eigenvalue weighted by Gasteiger charge is -2.20. The summed E-state index contributed by atoms with van der Waals surface area (Å²) in [5.74, 6) is 1.18. The summed E-state index contributed by atoms with van der Waals surface area (Å²) in [6.07, 6.45) is 0.955. The summed E-state index contributed by atoms with van der Waals surface area (Å²) in [6.45, 7) is 3.90. The zero-order valence-electron chi connectivity index (χ0n) is 20.8. The van der Waals surface area contributed by atoms with E-state index in [1.165, 1.54) is 6.92 Å². The van der Waals surface area contributed by atoms with Crippen molar-refractivity contribution in [3.05, 3.63) is 77.9 Å². The van der Waals surface area contributed by atoms with Gasteiger partial charge in [0, 0.05) is 17.7 Å². The Hall–Kier alpha value is -4.66. The predicted molar refractivity (Wildman–Crippen MR) is 144 cm³/mol.